The predicted octanol–water partition coefficient (Wildman–Crippen LogP) is 3.68. The van der Waals surface area contributed by atoms with Gasteiger partial charge in [0.2, 0.25) is 0 Å². The molecule has 0 fully saturated rings. The van der Waals surface area contributed by atoms with Gasteiger partial charge < -0.3 is 10.2 Å². The fraction of sp³-hybridized carbons (Fsp3) is 0.0526. The number of fused-ring (bicyclic) bond motifs is 1. The molecule has 0 saturated heterocycles. The first kappa shape index (κ1) is 15.4. The number of hydrogen-bond donors (Lipinski definition) is 1. The van der Waals surface area contributed by atoms with Crippen molar-refractivity contribution in [2.75, 3.05) is 5.84 Å². The molecule has 1 aromatic carbocycles. The Labute approximate surface area is 149 Å². The maximum atomic E-state index is 9.49. The third-order valence-corrected chi connectivity index (χ3v) is 5.01. The Balaban J connectivity index is 1.60. The average molecular weight is 345 g/mol. The SMILES string of the molecule is N#Cc1c(CSc2nc(-c3ccccc3)cn2N)cn2ccccc12. The van der Waals surface area contributed by atoms with Gasteiger partial charge in [0.25, 0.3) is 0 Å². The molecular weight excluding hydrogens is 330 g/mol. The third kappa shape index (κ3) is 2.86. The van der Waals surface area contributed by atoms with E-state index in [0.29, 0.717) is 11.3 Å². The molecule has 4 rings (SSSR count). The normalized spacial score (nSPS) is 10.8. The van der Waals surface area contributed by atoms with E-state index in [4.69, 9.17) is 5.84 Å². The molecule has 0 aliphatic carbocycles. The molecule has 4 aromatic rings. The fourth-order valence-electron chi connectivity index (χ4n) is 2.79. The second-order valence-corrected chi connectivity index (χ2v) is 6.55. The highest BCUT2D eigenvalue weighted by Gasteiger charge is 2.13. The van der Waals surface area contributed by atoms with Gasteiger partial charge in [0.15, 0.2) is 5.16 Å². The predicted molar refractivity (Wildman–Crippen MR) is 99.5 cm³/mol. The third-order valence-electron chi connectivity index (χ3n) is 4.00. The number of imidazole rings is 1. The zero-order valence-electron chi connectivity index (χ0n) is 13.3. The van der Waals surface area contributed by atoms with Crippen LogP contribution in [0.5, 0.6) is 0 Å². The van der Waals surface area contributed by atoms with Crippen molar-refractivity contribution in [1.82, 2.24) is 14.1 Å². The Morgan fingerprint density at radius 2 is 1.88 bits per heavy atom. The molecule has 0 spiro atoms. The number of nitrogens with zero attached hydrogens (tertiary/aromatic N) is 4. The van der Waals surface area contributed by atoms with Gasteiger partial charge in [-0.2, -0.15) is 5.26 Å². The van der Waals surface area contributed by atoms with Crippen LogP contribution in [-0.2, 0) is 5.75 Å². The van der Waals surface area contributed by atoms with E-state index in [2.05, 4.69) is 11.1 Å². The van der Waals surface area contributed by atoms with Crippen molar-refractivity contribution in [3.63, 3.8) is 0 Å². The van der Waals surface area contributed by atoms with Gasteiger partial charge in [-0.3, -0.25) is 0 Å². The van der Waals surface area contributed by atoms with Crippen molar-refractivity contribution >= 4 is 17.3 Å². The van der Waals surface area contributed by atoms with E-state index in [-0.39, 0.29) is 0 Å². The van der Waals surface area contributed by atoms with E-state index in [1.807, 2.05) is 71.5 Å². The van der Waals surface area contributed by atoms with Crippen LogP contribution in [0.3, 0.4) is 0 Å². The van der Waals surface area contributed by atoms with Crippen LogP contribution in [0.25, 0.3) is 16.8 Å². The van der Waals surface area contributed by atoms with Gasteiger partial charge in [0, 0.05) is 23.7 Å². The first-order valence-corrected chi connectivity index (χ1v) is 8.76. The molecule has 25 heavy (non-hydrogen) atoms. The summed E-state index contributed by atoms with van der Waals surface area (Å²) in [5.41, 5.74) is 4.46. The second-order valence-electron chi connectivity index (χ2n) is 5.60. The van der Waals surface area contributed by atoms with Gasteiger partial charge in [-0.1, -0.05) is 48.2 Å². The topological polar surface area (TPSA) is 72.0 Å². The van der Waals surface area contributed by atoms with Gasteiger partial charge >= 0.3 is 0 Å². The number of benzene rings is 1. The van der Waals surface area contributed by atoms with Gasteiger partial charge in [-0.25, -0.2) is 9.66 Å². The van der Waals surface area contributed by atoms with Crippen molar-refractivity contribution in [2.24, 2.45) is 0 Å². The molecule has 2 N–H and O–H groups in total. The van der Waals surface area contributed by atoms with E-state index >= 15 is 0 Å². The highest BCUT2D eigenvalue weighted by molar-refractivity contribution is 7.98. The summed E-state index contributed by atoms with van der Waals surface area (Å²) >= 11 is 1.52. The number of pyridine rings is 1. The summed E-state index contributed by atoms with van der Waals surface area (Å²) in [6.07, 6.45) is 5.75. The average Bonchev–Trinajstić information content (AvgIpc) is 3.20. The first-order valence-electron chi connectivity index (χ1n) is 7.77. The number of rotatable bonds is 4. The smallest absolute Gasteiger partial charge is 0.187 e. The minimum atomic E-state index is 0.632. The lowest BCUT2D eigenvalue weighted by molar-refractivity contribution is 0.851. The molecule has 122 valence electrons. The zero-order valence-corrected chi connectivity index (χ0v) is 14.1. The van der Waals surface area contributed by atoms with Crippen molar-refractivity contribution in [1.29, 1.82) is 5.26 Å². The molecule has 0 radical (unpaired) electrons. The van der Waals surface area contributed by atoms with E-state index in [9.17, 15) is 5.26 Å². The Morgan fingerprint density at radius 1 is 1.08 bits per heavy atom. The molecular formula is C19H15N5S. The van der Waals surface area contributed by atoms with Crippen LogP contribution < -0.4 is 5.84 Å². The monoisotopic (exact) mass is 345 g/mol. The molecule has 0 unspecified atom stereocenters. The number of nitriles is 1. The molecule has 0 atom stereocenters. The number of nitrogens with two attached hydrogens (primary N) is 1. The van der Waals surface area contributed by atoms with Crippen LogP contribution in [0.1, 0.15) is 11.1 Å². The standard InChI is InChI=1S/C19H15N5S/c20-10-16-15(11-23-9-5-4-8-18(16)23)13-25-19-22-17(12-24(19)21)14-6-2-1-3-7-14/h1-9,11-12H,13,21H2. The van der Waals surface area contributed by atoms with Gasteiger partial charge in [0.1, 0.15) is 6.07 Å². The Kier molecular flexibility index (Phi) is 3.92. The molecule has 3 aromatic heterocycles. The van der Waals surface area contributed by atoms with Crippen LogP contribution >= 0.6 is 11.8 Å². The van der Waals surface area contributed by atoms with Crippen molar-refractivity contribution in [3.05, 3.63) is 78.2 Å². The summed E-state index contributed by atoms with van der Waals surface area (Å²) in [7, 11) is 0. The lowest BCUT2D eigenvalue weighted by atomic mass is 10.2. The Hall–Kier alpha value is -3.17. The minimum Gasteiger partial charge on any atom is -0.337 e. The number of hydrogen-bond acceptors (Lipinski definition) is 4. The number of thioether (sulfide) groups is 1. The van der Waals surface area contributed by atoms with Crippen LogP contribution in [0, 0.1) is 11.3 Å². The quantitative estimate of drug-likeness (QED) is 0.452. The van der Waals surface area contributed by atoms with E-state index in [1.165, 1.54) is 16.4 Å². The molecule has 5 nitrogen and oxygen atoms in total. The fourth-order valence-corrected chi connectivity index (χ4v) is 3.66. The lowest BCUT2D eigenvalue weighted by Gasteiger charge is -2.00. The van der Waals surface area contributed by atoms with Gasteiger partial charge in [0.05, 0.1) is 23.0 Å². The maximum absolute atomic E-state index is 9.49. The molecule has 6 heteroatoms. The lowest BCUT2D eigenvalue weighted by Crippen LogP contribution is -2.07. The summed E-state index contributed by atoms with van der Waals surface area (Å²) < 4.78 is 3.51. The molecule has 3 heterocycles. The highest BCUT2D eigenvalue weighted by Crippen LogP contribution is 2.28. The maximum Gasteiger partial charge on any atom is 0.187 e. The Morgan fingerprint density at radius 3 is 2.68 bits per heavy atom. The van der Waals surface area contributed by atoms with Crippen LogP contribution in [0.15, 0.2) is 72.3 Å². The van der Waals surface area contributed by atoms with Crippen molar-refractivity contribution < 1.29 is 0 Å². The summed E-state index contributed by atoms with van der Waals surface area (Å²) in [6.45, 7) is 0. The zero-order chi connectivity index (χ0) is 17.2. The number of nitrogen functional groups attached to an aromatic ring is 1. The van der Waals surface area contributed by atoms with Gasteiger partial charge in [-0.15, -0.1) is 0 Å². The molecule has 0 amide bonds. The largest absolute Gasteiger partial charge is 0.337 e. The highest BCUT2D eigenvalue weighted by atomic mass is 32.2. The van der Waals surface area contributed by atoms with Crippen LogP contribution in [0.4, 0.5) is 0 Å². The van der Waals surface area contributed by atoms with E-state index < -0.39 is 0 Å². The summed E-state index contributed by atoms with van der Waals surface area (Å²) in [5, 5.41) is 10.2. The molecule has 0 aliphatic heterocycles. The van der Waals surface area contributed by atoms with Crippen LogP contribution in [-0.4, -0.2) is 14.1 Å². The summed E-state index contributed by atoms with van der Waals surface area (Å²) in [4.78, 5) is 4.62. The first-order chi connectivity index (χ1) is 12.3. The molecule has 0 aliphatic rings. The number of aromatic nitrogens is 3. The summed E-state index contributed by atoms with van der Waals surface area (Å²) in [6, 6.07) is 18.1. The Bertz CT molecular complexity index is 1070. The second kappa shape index (κ2) is 6.38. The summed E-state index contributed by atoms with van der Waals surface area (Å²) in [5.74, 6) is 6.68. The molecule has 0 saturated carbocycles. The van der Waals surface area contributed by atoms with Crippen molar-refractivity contribution in [2.45, 2.75) is 10.9 Å². The van der Waals surface area contributed by atoms with E-state index in [1.54, 1.807) is 0 Å². The minimum absolute atomic E-state index is 0.632. The van der Waals surface area contributed by atoms with Gasteiger partial charge in [-0.05, 0) is 17.7 Å². The van der Waals surface area contributed by atoms with Crippen LogP contribution in [0.2, 0.25) is 0 Å². The van der Waals surface area contributed by atoms with Crippen molar-refractivity contribution in [3.8, 4) is 17.3 Å². The molecule has 0 bridgehead atoms. The van der Waals surface area contributed by atoms with E-state index in [0.717, 1.165) is 27.5 Å².